The minimum Gasteiger partial charge on any atom is -0.351 e. The van der Waals surface area contributed by atoms with Crippen LogP contribution in [-0.2, 0) is 17.8 Å². The van der Waals surface area contributed by atoms with Crippen molar-refractivity contribution in [3.05, 3.63) is 71.5 Å². The fraction of sp³-hybridized carbons (Fsp3) is 0.500. The molecule has 3 heteroatoms. The molecule has 1 aromatic rings. The summed E-state index contributed by atoms with van der Waals surface area (Å²) in [5.41, 5.74) is 9.13. The Balaban J connectivity index is 0.00000107. The minimum atomic E-state index is -0.377. The predicted molar refractivity (Wildman–Crippen MR) is 136 cm³/mol. The van der Waals surface area contributed by atoms with Crippen LogP contribution in [0.25, 0.3) is 5.57 Å². The van der Waals surface area contributed by atoms with Crippen molar-refractivity contribution < 1.29 is 4.74 Å². The van der Waals surface area contributed by atoms with Crippen molar-refractivity contribution in [2.75, 3.05) is 18.0 Å². The molecule has 170 valence electrons. The summed E-state index contributed by atoms with van der Waals surface area (Å²) in [7, 11) is 0. The second-order valence-corrected chi connectivity index (χ2v) is 9.33. The number of hydrogen-bond acceptors (Lipinski definition) is 3. The molecule has 3 rings (SSSR count). The van der Waals surface area contributed by atoms with Crippen molar-refractivity contribution in [3.8, 4) is 0 Å². The van der Waals surface area contributed by atoms with Gasteiger partial charge in [-0.25, -0.2) is 0 Å². The normalized spacial score (nSPS) is 16.1. The van der Waals surface area contributed by atoms with E-state index in [1.54, 1.807) is 0 Å². The molecule has 0 bridgehead atoms. The Labute approximate surface area is 190 Å². The first-order valence-electron chi connectivity index (χ1n) is 11.6. The van der Waals surface area contributed by atoms with Crippen LogP contribution in [0.3, 0.4) is 0 Å². The number of nitrogens with one attached hydrogen (secondary N) is 1. The van der Waals surface area contributed by atoms with E-state index in [-0.39, 0.29) is 5.72 Å². The van der Waals surface area contributed by atoms with E-state index >= 15 is 0 Å². The van der Waals surface area contributed by atoms with Gasteiger partial charge in [0.25, 0.3) is 0 Å². The number of benzene rings is 1. The number of rotatable bonds is 8. The number of aryl methyl sites for hydroxylation is 1. The summed E-state index contributed by atoms with van der Waals surface area (Å²) in [5.74, 6) is 0. The van der Waals surface area contributed by atoms with Crippen LogP contribution in [0.5, 0.6) is 0 Å². The molecule has 2 heterocycles. The molecule has 0 aromatic heterocycles. The quantitative estimate of drug-likeness (QED) is 0.355. The van der Waals surface area contributed by atoms with Gasteiger partial charge in [0.2, 0.25) is 0 Å². The molecule has 0 spiro atoms. The fourth-order valence-electron chi connectivity index (χ4n) is 3.91. The topological polar surface area (TPSA) is 24.5 Å². The van der Waals surface area contributed by atoms with Crippen molar-refractivity contribution >= 4 is 11.3 Å². The number of nitrogens with zero attached hydrogens (tertiary/aromatic N) is 1. The summed E-state index contributed by atoms with van der Waals surface area (Å²) in [4.78, 5) is 2.25. The highest BCUT2D eigenvalue weighted by atomic mass is 16.5. The third kappa shape index (κ3) is 6.21. The zero-order valence-corrected chi connectivity index (χ0v) is 20.7. The lowest BCUT2D eigenvalue weighted by Gasteiger charge is -2.46. The average molecular weight is 423 g/mol. The van der Waals surface area contributed by atoms with Gasteiger partial charge in [0.1, 0.15) is 5.72 Å². The Morgan fingerprint density at radius 1 is 1.16 bits per heavy atom. The van der Waals surface area contributed by atoms with E-state index < -0.39 is 0 Å². The van der Waals surface area contributed by atoms with Crippen molar-refractivity contribution in [1.82, 2.24) is 5.32 Å². The van der Waals surface area contributed by atoms with Gasteiger partial charge in [0.05, 0.1) is 12.3 Å². The molecule has 2 aliphatic rings. The maximum atomic E-state index is 6.18. The minimum absolute atomic E-state index is 0.377. The van der Waals surface area contributed by atoms with Crippen molar-refractivity contribution in [1.29, 1.82) is 0 Å². The highest BCUT2D eigenvalue weighted by molar-refractivity contribution is 5.93. The van der Waals surface area contributed by atoms with Gasteiger partial charge >= 0.3 is 0 Å². The monoisotopic (exact) mass is 422 g/mol. The van der Waals surface area contributed by atoms with Gasteiger partial charge in [-0.2, -0.15) is 0 Å². The third-order valence-electron chi connectivity index (χ3n) is 5.57. The Morgan fingerprint density at radius 3 is 2.45 bits per heavy atom. The molecule has 0 radical (unpaired) electrons. The first-order chi connectivity index (χ1) is 14.6. The second-order valence-electron chi connectivity index (χ2n) is 9.33. The van der Waals surface area contributed by atoms with Gasteiger partial charge < -0.3 is 15.0 Å². The standard InChI is InChI=1S/C25H34N2O.C3H8/c1-17(2)10-12-26-11-8-9-20-13-21-16-28-25(6,7)27-15-23(18(3)4)19(5)22(14-20)24(21)27;1-3-2/h13-15,26H,1,3,5,8-12,16H2,2,4,6-7H3;3H2,1-2H3. The molecule has 0 saturated heterocycles. The largest absolute Gasteiger partial charge is 0.351 e. The van der Waals surface area contributed by atoms with Gasteiger partial charge in [-0.15, -0.1) is 6.58 Å². The summed E-state index contributed by atoms with van der Waals surface area (Å²) in [6.07, 6.45) is 6.60. The lowest BCUT2D eigenvalue weighted by atomic mass is 9.86. The molecular weight excluding hydrogens is 380 g/mol. The van der Waals surface area contributed by atoms with Crippen LogP contribution in [0.4, 0.5) is 5.69 Å². The maximum Gasteiger partial charge on any atom is 0.139 e. The van der Waals surface area contributed by atoms with Crippen LogP contribution < -0.4 is 10.2 Å². The van der Waals surface area contributed by atoms with E-state index in [4.69, 9.17) is 4.74 Å². The van der Waals surface area contributed by atoms with E-state index in [0.29, 0.717) is 6.61 Å². The molecule has 0 saturated carbocycles. The van der Waals surface area contributed by atoms with Gasteiger partial charge in [-0.1, -0.05) is 45.1 Å². The van der Waals surface area contributed by atoms with E-state index in [1.165, 1.54) is 34.4 Å². The molecule has 2 aliphatic heterocycles. The molecule has 0 amide bonds. The van der Waals surface area contributed by atoms with Crippen LogP contribution in [0.15, 0.2) is 54.8 Å². The molecular formula is C28H42N2O. The van der Waals surface area contributed by atoms with Crippen LogP contribution in [0.2, 0.25) is 0 Å². The lowest BCUT2D eigenvalue weighted by Crippen LogP contribution is -2.47. The van der Waals surface area contributed by atoms with Crippen LogP contribution in [-0.4, -0.2) is 18.8 Å². The summed E-state index contributed by atoms with van der Waals surface area (Å²) < 4.78 is 6.18. The van der Waals surface area contributed by atoms with E-state index in [2.05, 4.69) is 82.9 Å². The van der Waals surface area contributed by atoms with Gasteiger partial charge in [-0.3, -0.25) is 0 Å². The van der Waals surface area contributed by atoms with Crippen molar-refractivity contribution in [3.63, 3.8) is 0 Å². The molecule has 0 fully saturated rings. The van der Waals surface area contributed by atoms with Gasteiger partial charge in [0, 0.05) is 22.9 Å². The average Bonchev–Trinajstić information content (AvgIpc) is 2.69. The Kier molecular flexibility index (Phi) is 8.90. The number of allylic oxidation sites excluding steroid dienone is 3. The summed E-state index contributed by atoms with van der Waals surface area (Å²) in [6.45, 7) is 27.8. The molecule has 0 aliphatic carbocycles. The highest BCUT2D eigenvalue weighted by Gasteiger charge is 2.38. The third-order valence-corrected chi connectivity index (χ3v) is 5.57. The Hall–Kier alpha value is -2.10. The maximum absolute atomic E-state index is 6.18. The molecule has 0 unspecified atom stereocenters. The molecule has 31 heavy (non-hydrogen) atoms. The van der Waals surface area contributed by atoms with Gasteiger partial charge in [-0.05, 0) is 82.8 Å². The first-order valence-corrected chi connectivity index (χ1v) is 11.6. The Morgan fingerprint density at radius 2 is 1.84 bits per heavy atom. The zero-order valence-electron chi connectivity index (χ0n) is 20.7. The fourth-order valence-corrected chi connectivity index (χ4v) is 3.91. The molecule has 1 N–H and O–H groups in total. The van der Waals surface area contributed by atoms with E-state index in [1.807, 2.05) is 6.92 Å². The second kappa shape index (κ2) is 11.0. The van der Waals surface area contributed by atoms with Crippen molar-refractivity contribution in [2.45, 2.75) is 79.6 Å². The summed E-state index contributed by atoms with van der Waals surface area (Å²) in [5, 5.41) is 3.51. The first kappa shape index (κ1) is 25.2. The van der Waals surface area contributed by atoms with E-state index in [9.17, 15) is 0 Å². The molecule has 0 atom stereocenters. The van der Waals surface area contributed by atoms with Crippen LogP contribution >= 0.6 is 0 Å². The summed E-state index contributed by atoms with van der Waals surface area (Å²) in [6, 6.07) is 4.63. The van der Waals surface area contributed by atoms with Crippen LogP contribution in [0.1, 0.15) is 77.5 Å². The van der Waals surface area contributed by atoms with Gasteiger partial charge in [0.15, 0.2) is 0 Å². The summed E-state index contributed by atoms with van der Waals surface area (Å²) >= 11 is 0. The predicted octanol–water partition coefficient (Wildman–Crippen LogP) is 7.15. The molecule has 3 nitrogen and oxygen atoms in total. The SMILES string of the molecule is C=C(C)CCNCCCc1cc2c3c(c1)C(=C)C(C(=C)C)=CN3C(C)(C)OC2.CCC. The highest BCUT2D eigenvalue weighted by Crippen LogP contribution is 2.47. The molecule has 1 aromatic carbocycles. The number of ether oxygens (including phenoxy) is 1. The number of anilines is 1. The lowest BCUT2D eigenvalue weighted by molar-refractivity contribution is -0.0341. The Bertz CT molecular complexity index is 860. The van der Waals surface area contributed by atoms with Crippen LogP contribution in [0, 0.1) is 0 Å². The van der Waals surface area contributed by atoms with Crippen molar-refractivity contribution in [2.24, 2.45) is 0 Å². The van der Waals surface area contributed by atoms with E-state index in [0.717, 1.165) is 49.1 Å². The smallest absolute Gasteiger partial charge is 0.139 e. The number of hydrogen-bond donors (Lipinski definition) is 1. The zero-order chi connectivity index (χ0) is 23.2.